The van der Waals surface area contributed by atoms with E-state index in [-0.39, 0.29) is 12.1 Å². The van der Waals surface area contributed by atoms with Gasteiger partial charge in [0.1, 0.15) is 0 Å². The molecule has 0 saturated carbocycles. The van der Waals surface area contributed by atoms with Crippen LogP contribution in [0, 0.1) is 0 Å². The zero-order chi connectivity index (χ0) is 10.6. The Bertz CT molecular complexity index is 159. The minimum absolute atomic E-state index is 0.237. The Balaban J connectivity index is 2.46. The van der Waals surface area contributed by atoms with E-state index in [1.54, 1.807) is 0 Å². The Morgan fingerprint density at radius 2 is 2.29 bits per heavy atom. The van der Waals surface area contributed by atoms with Crippen molar-refractivity contribution in [3.8, 4) is 0 Å². The quantitative estimate of drug-likeness (QED) is 0.508. The number of nitrogens with zero attached hydrogens (tertiary/aromatic N) is 1. The lowest BCUT2D eigenvalue weighted by Crippen LogP contribution is -2.55. The van der Waals surface area contributed by atoms with Crippen LogP contribution in [0.4, 0.5) is 0 Å². The zero-order valence-corrected chi connectivity index (χ0v) is 9.49. The lowest BCUT2D eigenvalue weighted by Gasteiger charge is -2.38. The van der Waals surface area contributed by atoms with Crippen molar-refractivity contribution in [3.63, 3.8) is 0 Å². The van der Waals surface area contributed by atoms with Gasteiger partial charge in [0.15, 0.2) is 0 Å². The summed E-state index contributed by atoms with van der Waals surface area (Å²) in [5, 5.41) is 0. The third-order valence-corrected chi connectivity index (χ3v) is 2.96. The SMILES string of the molecule is CCC(NN)C1CN(C(C)C)CCO1. The van der Waals surface area contributed by atoms with Gasteiger partial charge in [0.2, 0.25) is 0 Å². The van der Waals surface area contributed by atoms with Crippen LogP contribution in [0.25, 0.3) is 0 Å². The van der Waals surface area contributed by atoms with Crippen molar-refractivity contribution < 1.29 is 4.74 Å². The van der Waals surface area contributed by atoms with Crippen LogP contribution < -0.4 is 11.3 Å². The lowest BCUT2D eigenvalue weighted by atomic mass is 10.1. The molecule has 14 heavy (non-hydrogen) atoms. The van der Waals surface area contributed by atoms with Crippen LogP contribution in [0.5, 0.6) is 0 Å². The summed E-state index contributed by atoms with van der Waals surface area (Å²) in [6.07, 6.45) is 1.24. The first-order valence-electron chi connectivity index (χ1n) is 5.50. The van der Waals surface area contributed by atoms with E-state index in [1.807, 2.05) is 0 Å². The number of nitrogens with two attached hydrogens (primary N) is 1. The molecule has 0 aliphatic carbocycles. The first-order valence-corrected chi connectivity index (χ1v) is 5.50. The van der Waals surface area contributed by atoms with Crippen LogP contribution in [0.15, 0.2) is 0 Å². The number of hydrazine groups is 1. The predicted molar refractivity (Wildman–Crippen MR) is 57.9 cm³/mol. The largest absolute Gasteiger partial charge is 0.374 e. The molecule has 4 nitrogen and oxygen atoms in total. The second-order valence-corrected chi connectivity index (χ2v) is 4.18. The van der Waals surface area contributed by atoms with Crippen molar-refractivity contribution in [2.24, 2.45) is 5.84 Å². The lowest BCUT2D eigenvalue weighted by molar-refractivity contribution is -0.0558. The fraction of sp³-hybridized carbons (Fsp3) is 1.00. The smallest absolute Gasteiger partial charge is 0.0868 e. The van der Waals surface area contributed by atoms with Gasteiger partial charge in [0.05, 0.1) is 12.7 Å². The van der Waals surface area contributed by atoms with Crippen LogP contribution in [0.3, 0.4) is 0 Å². The molecule has 1 aliphatic rings. The molecule has 1 aliphatic heterocycles. The van der Waals surface area contributed by atoms with Crippen molar-refractivity contribution in [2.45, 2.75) is 45.4 Å². The Morgan fingerprint density at radius 3 is 2.79 bits per heavy atom. The van der Waals surface area contributed by atoms with Crippen molar-refractivity contribution in [3.05, 3.63) is 0 Å². The van der Waals surface area contributed by atoms with E-state index in [2.05, 4.69) is 31.1 Å². The average Bonchev–Trinajstić information content (AvgIpc) is 2.20. The molecule has 1 fully saturated rings. The predicted octanol–water partition coefficient (Wildman–Crippen LogP) is 0.338. The standard InChI is InChI=1S/C10H23N3O/c1-4-9(12-11)10-7-13(8(2)3)5-6-14-10/h8-10,12H,4-7,11H2,1-3H3. The Kier molecular flexibility index (Phi) is 4.81. The highest BCUT2D eigenvalue weighted by atomic mass is 16.5. The molecule has 0 aromatic heterocycles. The topological polar surface area (TPSA) is 50.5 Å². The zero-order valence-electron chi connectivity index (χ0n) is 9.49. The fourth-order valence-electron chi connectivity index (χ4n) is 1.90. The normalized spacial score (nSPS) is 26.8. The molecular weight excluding hydrogens is 178 g/mol. The van der Waals surface area contributed by atoms with Gasteiger partial charge in [-0.15, -0.1) is 0 Å². The first kappa shape index (κ1) is 11.9. The Hall–Kier alpha value is -0.160. The Morgan fingerprint density at radius 1 is 1.57 bits per heavy atom. The molecule has 1 heterocycles. The molecule has 0 amide bonds. The molecule has 0 spiro atoms. The van der Waals surface area contributed by atoms with Crippen LogP contribution >= 0.6 is 0 Å². The summed E-state index contributed by atoms with van der Waals surface area (Å²) in [7, 11) is 0. The number of hydrogen-bond acceptors (Lipinski definition) is 4. The van der Waals surface area contributed by atoms with E-state index in [0.717, 1.165) is 26.1 Å². The monoisotopic (exact) mass is 201 g/mol. The van der Waals surface area contributed by atoms with Gasteiger partial charge in [-0.1, -0.05) is 6.92 Å². The van der Waals surface area contributed by atoms with Crippen molar-refractivity contribution in [1.29, 1.82) is 0 Å². The third kappa shape index (κ3) is 2.92. The van der Waals surface area contributed by atoms with Crippen LogP contribution in [-0.2, 0) is 4.74 Å². The molecule has 1 saturated heterocycles. The molecule has 2 unspecified atom stereocenters. The summed E-state index contributed by atoms with van der Waals surface area (Å²) >= 11 is 0. The summed E-state index contributed by atoms with van der Waals surface area (Å²) in [6.45, 7) is 9.41. The molecule has 2 atom stereocenters. The molecular formula is C10H23N3O. The minimum atomic E-state index is 0.237. The van der Waals surface area contributed by atoms with E-state index in [9.17, 15) is 0 Å². The molecule has 3 N–H and O–H groups in total. The van der Waals surface area contributed by atoms with Gasteiger partial charge in [-0.25, -0.2) is 0 Å². The van der Waals surface area contributed by atoms with Gasteiger partial charge in [0, 0.05) is 25.2 Å². The molecule has 0 aromatic rings. The average molecular weight is 201 g/mol. The number of nitrogens with one attached hydrogen (secondary N) is 1. The maximum atomic E-state index is 5.72. The summed E-state index contributed by atoms with van der Waals surface area (Å²) in [4.78, 5) is 2.44. The molecule has 0 radical (unpaired) electrons. The van der Waals surface area contributed by atoms with Gasteiger partial charge in [-0.2, -0.15) is 0 Å². The number of morpholine rings is 1. The maximum absolute atomic E-state index is 5.72. The van der Waals surface area contributed by atoms with Gasteiger partial charge in [-0.3, -0.25) is 16.2 Å². The van der Waals surface area contributed by atoms with Gasteiger partial charge < -0.3 is 4.74 Å². The van der Waals surface area contributed by atoms with Crippen LogP contribution in [-0.4, -0.2) is 42.8 Å². The van der Waals surface area contributed by atoms with Crippen molar-refractivity contribution in [1.82, 2.24) is 10.3 Å². The van der Waals surface area contributed by atoms with E-state index in [1.165, 1.54) is 0 Å². The van der Waals surface area contributed by atoms with E-state index < -0.39 is 0 Å². The molecule has 1 rings (SSSR count). The van der Waals surface area contributed by atoms with Crippen molar-refractivity contribution in [2.75, 3.05) is 19.7 Å². The van der Waals surface area contributed by atoms with E-state index in [0.29, 0.717) is 6.04 Å². The number of hydrogen-bond donors (Lipinski definition) is 2. The fourth-order valence-corrected chi connectivity index (χ4v) is 1.90. The van der Waals surface area contributed by atoms with Crippen LogP contribution in [0.1, 0.15) is 27.2 Å². The highest BCUT2D eigenvalue weighted by Crippen LogP contribution is 2.12. The Labute approximate surface area is 86.8 Å². The highest BCUT2D eigenvalue weighted by Gasteiger charge is 2.27. The molecule has 4 heteroatoms. The summed E-state index contributed by atoms with van der Waals surface area (Å²) < 4.78 is 5.72. The second kappa shape index (κ2) is 5.66. The second-order valence-electron chi connectivity index (χ2n) is 4.18. The summed E-state index contributed by atoms with van der Waals surface area (Å²) in [5.74, 6) is 5.49. The number of rotatable bonds is 4. The molecule has 84 valence electrons. The maximum Gasteiger partial charge on any atom is 0.0868 e. The van der Waals surface area contributed by atoms with Crippen molar-refractivity contribution >= 4 is 0 Å². The van der Waals surface area contributed by atoms with E-state index >= 15 is 0 Å². The first-order chi connectivity index (χ1) is 6.69. The van der Waals surface area contributed by atoms with Gasteiger partial charge in [-0.05, 0) is 20.3 Å². The van der Waals surface area contributed by atoms with E-state index in [4.69, 9.17) is 10.6 Å². The summed E-state index contributed by atoms with van der Waals surface area (Å²) in [5.41, 5.74) is 2.83. The number of ether oxygens (including phenoxy) is 1. The highest BCUT2D eigenvalue weighted by molar-refractivity contribution is 4.81. The minimum Gasteiger partial charge on any atom is -0.374 e. The van der Waals surface area contributed by atoms with Gasteiger partial charge >= 0.3 is 0 Å². The third-order valence-electron chi connectivity index (χ3n) is 2.96. The summed E-state index contributed by atoms with van der Waals surface area (Å²) in [6, 6.07) is 0.869. The van der Waals surface area contributed by atoms with Gasteiger partial charge in [0.25, 0.3) is 0 Å². The molecule has 0 bridgehead atoms. The molecule has 0 aromatic carbocycles. The van der Waals surface area contributed by atoms with Crippen LogP contribution in [0.2, 0.25) is 0 Å².